The Kier molecular flexibility index (Phi) is 4.37. The first-order chi connectivity index (χ1) is 14.6. The number of rotatable bonds is 4. The Morgan fingerprint density at radius 3 is 2.40 bits per heavy atom. The van der Waals surface area contributed by atoms with E-state index >= 15 is 0 Å². The van der Waals surface area contributed by atoms with E-state index in [-0.39, 0.29) is 11.4 Å². The Morgan fingerprint density at radius 2 is 1.77 bits per heavy atom. The molecule has 2 aromatic heterocycles. The average Bonchev–Trinajstić information content (AvgIpc) is 3.17. The number of benzene rings is 2. The van der Waals surface area contributed by atoms with E-state index in [1.807, 2.05) is 30.3 Å². The summed E-state index contributed by atoms with van der Waals surface area (Å²) >= 11 is 0. The van der Waals surface area contributed by atoms with Crippen LogP contribution in [-0.2, 0) is 5.54 Å². The van der Waals surface area contributed by atoms with Gasteiger partial charge in [0, 0.05) is 29.9 Å². The van der Waals surface area contributed by atoms with Gasteiger partial charge in [-0.05, 0) is 30.9 Å². The van der Waals surface area contributed by atoms with Crippen molar-refractivity contribution in [2.24, 2.45) is 5.73 Å². The topological polar surface area (TPSA) is 85.3 Å². The number of amides is 1. The van der Waals surface area contributed by atoms with Gasteiger partial charge < -0.3 is 11.1 Å². The Balaban J connectivity index is 1.72. The zero-order valence-electron chi connectivity index (χ0n) is 16.8. The molecule has 3 N–H and O–H groups in total. The minimum Gasteiger partial charge on any atom is -0.355 e. The van der Waals surface area contributed by atoms with Crippen LogP contribution in [0.15, 0.2) is 66.9 Å². The molecule has 0 atom stereocenters. The number of imidazole rings is 1. The number of carbonyl (C=O) groups excluding carboxylic acids is 1. The molecule has 1 saturated carbocycles. The highest BCUT2D eigenvalue weighted by Crippen LogP contribution is 2.40. The molecule has 30 heavy (non-hydrogen) atoms. The van der Waals surface area contributed by atoms with Crippen LogP contribution in [0.1, 0.15) is 35.2 Å². The van der Waals surface area contributed by atoms with Crippen molar-refractivity contribution in [2.45, 2.75) is 24.8 Å². The summed E-state index contributed by atoms with van der Waals surface area (Å²) < 4.78 is 1.75. The summed E-state index contributed by atoms with van der Waals surface area (Å²) in [4.78, 5) is 17.3. The lowest BCUT2D eigenvalue weighted by atomic mass is 9.72. The number of carbonyl (C=O) groups is 1. The molecule has 150 valence electrons. The van der Waals surface area contributed by atoms with Crippen LogP contribution in [0.4, 0.5) is 0 Å². The third kappa shape index (κ3) is 2.88. The lowest BCUT2D eigenvalue weighted by Crippen LogP contribution is -2.43. The summed E-state index contributed by atoms with van der Waals surface area (Å²) in [7, 11) is 1.61. The molecule has 6 nitrogen and oxygen atoms in total. The molecule has 5 rings (SSSR count). The molecule has 0 unspecified atom stereocenters. The minimum absolute atomic E-state index is 0.191. The molecular weight excluding hydrogens is 374 g/mol. The summed E-state index contributed by atoms with van der Waals surface area (Å²) in [5, 5.41) is 7.20. The zero-order valence-corrected chi connectivity index (χ0v) is 16.8. The molecule has 0 bridgehead atoms. The van der Waals surface area contributed by atoms with Crippen molar-refractivity contribution >= 4 is 11.6 Å². The van der Waals surface area contributed by atoms with Crippen LogP contribution >= 0.6 is 0 Å². The number of hydrogen-bond acceptors (Lipinski definition) is 4. The molecule has 4 aromatic rings. The van der Waals surface area contributed by atoms with Crippen molar-refractivity contribution in [1.29, 1.82) is 0 Å². The second kappa shape index (κ2) is 7.07. The van der Waals surface area contributed by atoms with Gasteiger partial charge in [0.05, 0.1) is 11.3 Å². The highest BCUT2D eigenvalue weighted by molar-refractivity contribution is 6.00. The van der Waals surface area contributed by atoms with Crippen LogP contribution in [0, 0.1) is 0 Å². The molecule has 0 saturated heterocycles. The smallest absolute Gasteiger partial charge is 0.254 e. The fourth-order valence-electron chi connectivity index (χ4n) is 4.12. The lowest BCUT2D eigenvalue weighted by Gasteiger charge is -2.38. The molecule has 1 amide bonds. The van der Waals surface area contributed by atoms with E-state index in [1.54, 1.807) is 23.8 Å². The fourth-order valence-corrected chi connectivity index (χ4v) is 4.12. The lowest BCUT2D eigenvalue weighted by molar-refractivity contribution is 0.0964. The van der Waals surface area contributed by atoms with Crippen molar-refractivity contribution < 1.29 is 4.79 Å². The Morgan fingerprint density at radius 1 is 1.03 bits per heavy atom. The normalized spacial score (nSPS) is 15.0. The number of hydrogen-bond donors (Lipinski definition) is 2. The van der Waals surface area contributed by atoms with E-state index in [9.17, 15) is 4.79 Å². The zero-order chi connectivity index (χ0) is 20.7. The second-order valence-electron chi connectivity index (χ2n) is 7.82. The van der Waals surface area contributed by atoms with E-state index in [4.69, 9.17) is 10.7 Å². The van der Waals surface area contributed by atoms with E-state index in [2.05, 4.69) is 34.7 Å². The minimum atomic E-state index is -0.201. The van der Waals surface area contributed by atoms with Gasteiger partial charge in [-0.15, -0.1) is 0 Å². The molecule has 6 heteroatoms. The van der Waals surface area contributed by atoms with E-state index < -0.39 is 0 Å². The third-order valence-corrected chi connectivity index (χ3v) is 6.02. The van der Waals surface area contributed by atoms with Crippen molar-refractivity contribution in [3.05, 3.63) is 78.0 Å². The molecule has 0 aliphatic heterocycles. The Hall–Kier alpha value is -3.51. The quantitative estimate of drug-likeness (QED) is 0.549. The van der Waals surface area contributed by atoms with Gasteiger partial charge in [0.15, 0.2) is 5.65 Å². The van der Waals surface area contributed by atoms with Crippen LogP contribution < -0.4 is 11.1 Å². The first kappa shape index (κ1) is 18.5. The highest BCUT2D eigenvalue weighted by Gasteiger charge is 2.34. The number of nitrogens with two attached hydrogens (primary N) is 1. The Bertz CT molecular complexity index is 1220. The van der Waals surface area contributed by atoms with Gasteiger partial charge in [-0.1, -0.05) is 54.6 Å². The molecule has 2 heterocycles. The van der Waals surface area contributed by atoms with Crippen LogP contribution in [0.5, 0.6) is 0 Å². The van der Waals surface area contributed by atoms with E-state index in [1.165, 1.54) is 6.42 Å². The standard InChI is InChI=1S/C24H23N5O/c1-26-23(30)19-12-15-27-29-21(17-6-3-2-4-7-17)20(28-22(19)29)16-8-10-18(11-9-16)24(25)13-5-14-24/h2-4,6-12,15H,5,13-14,25H2,1H3,(H,26,30). The number of fused-ring (bicyclic) bond motifs is 1. The van der Waals surface area contributed by atoms with Crippen LogP contribution in [0.25, 0.3) is 28.2 Å². The van der Waals surface area contributed by atoms with Crippen molar-refractivity contribution in [1.82, 2.24) is 19.9 Å². The Labute approximate surface area is 174 Å². The van der Waals surface area contributed by atoms with Gasteiger partial charge in [-0.3, -0.25) is 4.79 Å². The maximum Gasteiger partial charge on any atom is 0.254 e. The van der Waals surface area contributed by atoms with Crippen molar-refractivity contribution in [3.8, 4) is 22.5 Å². The van der Waals surface area contributed by atoms with Gasteiger partial charge in [-0.25, -0.2) is 9.50 Å². The summed E-state index contributed by atoms with van der Waals surface area (Å²) in [5.74, 6) is -0.191. The van der Waals surface area contributed by atoms with Crippen molar-refractivity contribution in [2.75, 3.05) is 7.05 Å². The molecule has 1 aliphatic rings. The van der Waals surface area contributed by atoms with Crippen LogP contribution in [0.2, 0.25) is 0 Å². The first-order valence-corrected chi connectivity index (χ1v) is 10.2. The number of aromatic nitrogens is 3. The predicted molar refractivity (Wildman–Crippen MR) is 117 cm³/mol. The van der Waals surface area contributed by atoms with Gasteiger partial charge in [-0.2, -0.15) is 5.10 Å². The average molecular weight is 397 g/mol. The van der Waals surface area contributed by atoms with Gasteiger partial charge in [0.1, 0.15) is 5.69 Å². The van der Waals surface area contributed by atoms with E-state index in [0.29, 0.717) is 11.2 Å². The molecule has 1 fully saturated rings. The molecule has 1 aliphatic carbocycles. The highest BCUT2D eigenvalue weighted by atomic mass is 16.1. The van der Waals surface area contributed by atoms with Crippen LogP contribution in [0.3, 0.4) is 0 Å². The predicted octanol–water partition coefficient (Wildman–Crippen LogP) is 3.76. The fraction of sp³-hybridized carbons (Fsp3) is 0.208. The maximum atomic E-state index is 12.4. The van der Waals surface area contributed by atoms with Crippen molar-refractivity contribution in [3.63, 3.8) is 0 Å². The molecular formula is C24H23N5O. The maximum absolute atomic E-state index is 12.4. The summed E-state index contributed by atoms with van der Waals surface area (Å²) in [5.41, 5.74) is 12.1. The van der Waals surface area contributed by atoms with Gasteiger partial charge in [0.25, 0.3) is 5.91 Å². The number of nitrogens with zero attached hydrogens (tertiary/aromatic N) is 3. The van der Waals surface area contributed by atoms with Crippen LogP contribution in [-0.4, -0.2) is 27.6 Å². The number of nitrogens with one attached hydrogen (secondary N) is 1. The molecule has 0 spiro atoms. The van der Waals surface area contributed by atoms with Gasteiger partial charge in [0.2, 0.25) is 0 Å². The summed E-state index contributed by atoms with van der Waals surface area (Å²) in [6, 6.07) is 20.0. The molecule has 0 radical (unpaired) electrons. The molecule has 2 aromatic carbocycles. The summed E-state index contributed by atoms with van der Waals surface area (Å²) in [6.45, 7) is 0. The third-order valence-electron chi connectivity index (χ3n) is 6.02. The largest absolute Gasteiger partial charge is 0.355 e. The second-order valence-corrected chi connectivity index (χ2v) is 7.82. The van der Waals surface area contributed by atoms with Gasteiger partial charge >= 0.3 is 0 Å². The summed E-state index contributed by atoms with van der Waals surface area (Å²) in [6.07, 6.45) is 4.86. The monoisotopic (exact) mass is 397 g/mol. The van der Waals surface area contributed by atoms with E-state index in [0.717, 1.165) is 40.9 Å². The first-order valence-electron chi connectivity index (χ1n) is 10.2. The SMILES string of the molecule is CNC(=O)c1ccnn2c(-c3ccccc3)c(-c3ccc(C4(N)CCC4)cc3)nc12.